The fraction of sp³-hybridized carbons (Fsp3) is 0. The predicted octanol–water partition coefficient (Wildman–Crippen LogP) is 25.8. The van der Waals surface area contributed by atoms with Gasteiger partial charge in [-0.25, -0.2) is 0 Å². The molecule has 6 heterocycles. The van der Waals surface area contributed by atoms with Crippen molar-refractivity contribution in [1.29, 1.82) is 0 Å². The number of fused-ring (bicyclic) bond motifs is 16. The van der Waals surface area contributed by atoms with Gasteiger partial charge in [0.15, 0.2) is 0 Å². The number of furan rings is 2. The molecule has 0 N–H and O–H groups in total. The number of nitrogens with zero attached hydrogens (tertiary/aromatic N) is 4. The van der Waals surface area contributed by atoms with E-state index in [0.29, 0.717) is 67.4 Å². The average molecular weight is 1400 g/mol. The second kappa shape index (κ2) is 24.1. The smallest absolute Gasteiger partial charge is 0.252 e. The Labute approximate surface area is 651 Å². The molecule has 0 amide bonds. The third kappa shape index (κ3) is 9.56. The van der Waals surface area contributed by atoms with Crippen molar-refractivity contribution in [1.82, 2.24) is 9.13 Å². The summed E-state index contributed by atoms with van der Waals surface area (Å²) < 4.78 is 168. The summed E-state index contributed by atoms with van der Waals surface area (Å²) in [6, 6.07) is 87.5. The molecule has 109 heavy (non-hydrogen) atoms. The van der Waals surface area contributed by atoms with E-state index in [1.165, 1.54) is 0 Å². The van der Waals surface area contributed by atoms with E-state index >= 15 is 0 Å². The molecule has 506 valence electrons. The number of rotatable bonds is 10. The van der Waals surface area contributed by atoms with Crippen molar-refractivity contribution in [3.05, 3.63) is 382 Å². The largest absolute Gasteiger partial charge is 0.456 e. The fourth-order valence-corrected chi connectivity index (χ4v) is 17.1. The third-order valence-corrected chi connectivity index (χ3v) is 21.9. The quantitative estimate of drug-likeness (QED) is 0.128. The zero-order valence-electron chi connectivity index (χ0n) is 73.8. The third-order valence-electron chi connectivity index (χ3n) is 21.9. The second-order valence-electron chi connectivity index (χ2n) is 27.9. The van der Waals surface area contributed by atoms with Crippen LogP contribution in [0.25, 0.3) is 166 Å². The van der Waals surface area contributed by atoms with Crippen LogP contribution in [0.5, 0.6) is 0 Å². The lowest BCUT2D eigenvalue weighted by Crippen LogP contribution is -2.61. The summed E-state index contributed by atoms with van der Waals surface area (Å²) in [7, 11) is 0. The van der Waals surface area contributed by atoms with Gasteiger partial charge in [0, 0.05) is 94.2 Å². The summed E-state index contributed by atoms with van der Waals surface area (Å²) in [4.78, 5) is 4.48. The first kappa shape index (κ1) is 47.1. The Morgan fingerprint density at radius 1 is 0.239 bits per heavy atom. The normalized spacial score (nSPS) is 14.6. The van der Waals surface area contributed by atoms with Gasteiger partial charge in [-0.1, -0.05) is 248 Å². The molecule has 0 aliphatic carbocycles. The molecule has 0 saturated carbocycles. The van der Waals surface area contributed by atoms with Crippen molar-refractivity contribution >= 4 is 145 Å². The molecule has 7 heteroatoms. The van der Waals surface area contributed by atoms with E-state index in [-0.39, 0.29) is 55.0 Å². The summed E-state index contributed by atoms with van der Waals surface area (Å²) in [6.45, 7) is -0.806. The maximum absolute atomic E-state index is 9.89. The molecule has 0 spiro atoms. The SMILES string of the molecule is [2H]c1c([2H])c([2H])c2c(c1[2H])c1c([2H])c([2H])c([2H])c([2H])c1n2-c1ccc2c(c1)N(c1cc(-c3ccccc3)cc(-c3ccccc3)c1)c1cc(-c3cc(-c4ccc5oc6ccccc6c5c4)c4oc5ccccc5c4c3)cc3c1B2c1ccc(-n2c4c([2H])c([2H])c([2H])c([2H])c4c4c([2H])c([2H])c([2H])c([2H])c42)cc1N3c1cc(-c2ccccc2)cc(-c2ccccc2)c1. The number of hydrogen-bond acceptors (Lipinski definition) is 4. The lowest BCUT2D eigenvalue weighted by molar-refractivity contribution is 0.668. The minimum atomic E-state index is -0.806. The van der Waals surface area contributed by atoms with E-state index in [2.05, 4.69) is 143 Å². The Morgan fingerprint density at radius 2 is 0.606 bits per heavy atom. The van der Waals surface area contributed by atoms with Gasteiger partial charge in [-0.2, -0.15) is 0 Å². The number of benzene rings is 17. The molecule has 2 aliphatic rings. The topological polar surface area (TPSA) is 42.6 Å². The van der Waals surface area contributed by atoms with Gasteiger partial charge in [-0.05, 0) is 211 Å². The van der Waals surface area contributed by atoms with Crippen molar-refractivity contribution in [2.24, 2.45) is 0 Å². The van der Waals surface area contributed by atoms with Gasteiger partial charge in [0.25, 0.3) is 6.71 Å². The van der Waals surface area contributed by atoms with Gasteiger partial charge in [0.05, 0.1) is 44.0 Å². The molecule has 0 unspecified atom stereocenters. The summed E-state index contributed by atoms with van der Waals surface area (Å²) in [5.41, 5.74) is 19.2. The Kier molecular flexibility index (Phi) is 10.4. The first-order chi connectivity index (χ1) is 60.7. The molecule has 23 rings (SSSR count). The van der Waals surface area contributed by atoms with Crippen molar-refractivity contribution in [3.63, 3.8) is 0 Å². The van der Waals surface area contributed by atoms with E-state index in [9.17, 15) is 16.4 Å². The lowest BCUT2D eigenvalue weighted by Gasteiger charge is -2.45. The van der Waals surface area contributed by atoms with Crippen molar-refractivity contribution in [2.45, 2.75) is 0 Å². The van der Waals surface area contributed by atoms with Crippen molar-refractivity contribution < 1.29 is 30.8 Å². The average Bonchev–Trinajstić information content (AvgIpc) is 1.69. The van der Waals surface area contributed by atoms with Crippen LogP contribution >= 0.6 is 0 Å². The van der Waals surface area contributed by atoms with Gasteiger partial charge >= 0.3 is 0 Å². The van der Waals surface area contributed by atoms with Crippen LogP contribution in [0.2, 0.25) is 0 Å². The molecule has 0 bridgehead atoms. The number of para-hydroxylation sites is 6. The fourth-order valence-electron chi connectivity index (χ4n) is 17.1. The highest BCUT2D eigenvalue weighted by Gasteiger charge is 2.45. The Bertz CT molecular complexity index is 7710. The van der Waals surface area contributed by atoms with Gasteiger partial charge in [-0.15, -0.1) is 0 Å². The lowest BCUT2D eigenvalue weighted by atomic mass is 9.33. The van der Waals surface area contributed by atoms with E-state index < -0.39 is 103 Å². The molecule has 4 aromatic heterocycles. The van der Waals surface area contributed by atoms with E-state index in [4.69, 9.17) is 14.3 Å². The van der Waals surface area contributed by atoms with Crippen molar-refractivity contribution in [2.75, 3.05) is 9.80 Å². The molecule has 0 saturated heterocycles. The Hall–Kier alpha value is -14.4. The zero-order chi connectivity index (χ0) is 85.3. The molecule has 0 radical (unpaired) electrons. The first-order valence-electron chi connectivity index (χ1n) is 44.2. The monoisotopic (exact) mass is 1400 g/mol. The van der Waals surface area contributed by atoms with Gasteiger partial charge in [0.1, 0.15) is 22.3 Å². The minimum absolute atomic E-state index is 0.0700. The van der Waals surface area contributed by atoms with Crippen molar-refractivity contribution in [3.8, 4) is 78.1 Å². The number of aromatic nitrogens is 2. The molecule has 21 aromatic rings. The van der Waals surface area contributed by atoms with Crippen LogP contribution in [0.1, 0.15) is 21.9 Å². The summed E-state index contributed by atoms with van der Waals surface area (Å²) >= 11 is 0. The standard InChI is InChI=1S/C102H63BN4O2/c1-5-25-64(26-6-1)69-51-70(65-27-7-2-8-28-65)54-77(53-69)106-94-62-75(104-90-39-19-13-33-79(90)80-34-14-20-40-91(80)104)46-48-88(94)103-89-49-47-76(105-92-41-21-15-35-81(92)82-36-16-22-42-93(82)105)63-95(89)107(78-55-71(66-29-9-3-10-30-66)52-72(56-78)67-31-11-4-12-32-67)97-61-74(60-96(106)101(97)103)73-58-85(102-87(59-73)84-38-18-24-44-99(84)109-102)68-45-50-100-86(57-68)83-37-17-23-43-98(83)108-100/h1-63H/i13D,14D,15D,16D,19D,20D,21D,22D,33D,34D,35D,36D,39D,40D,41D,42D. The van der Waals surface area contributed by atoms with Crippen LogP contribution in [0.15, 0.2) is 391 Å². The molecular formula is C102H63BN4O2. The van der Waals surface area contributed by atoms with E-state index in [1.54, 1.807) is 9.13 Å². The van der Waals surface area contributed by atoms with Gasteiger partial charge in [0.2, 0.25) is 0 Å². The predicted molar refractivity (Wildman–Crippen MR) is 456 cm³/mol. The van der Waals surface area contributed by atoms with Crippen LogP contribution in [-0.4, -0.2) is 15.8 Å². The highest BCUT2D eigenvalue weighted by atomic mass is 16.3. The van der Waals surface area contributed by atoms with Crippen LogP contribution in [0, 0.1) is 0 Å². The highest BCUT2D eigenvalue weighted by molar-refractivity contribution is 7.00. The van der Waals surface area contributed by atoms with Gasteiger partial charge in [-0.3, -0.25) is 0 Å². The van der Waals surface area contributed by atoms with Crippen LogP contribution in [0.3, 0.4) is 0 Å². The zero-order valence-corrected chi connectivity index (χ0v) is 57.8. The Balaban J connectivity index is 0.909. The molecule has 6 nitrogen and oxygen atoms in total. The highest BCUT2D eigenvalue weighted by Crippen LogP contribution is 2.52. The van der Waals surface area contributed by atoms with Crippen LogP contribution in [0.4, 0.5) is 34.1 Å². The van der Waals surface area contributed by atoms with Gasteiger partial charge < -0.3 is 27.8 Å². The minimum Gasteiger partial charge on any atom is -0.456 e. The van der Waals surface area contributed by atoms with Crippen LogP contribution < -0.4 is 26.2 Å². The van der Waals surface area contributed by atoms with E-state index in [1.807, 2.05) is 152 Å². The maximum Gasteiger partial charge on any atom is 0.252 e. The molecule has 0 atom stereocenters. The summed E-state index contributed by atoms with van der Waals surface area (Å²) in [5, 5.41) is 3.17. The van der Waals surface area contributed by atoms with Crippen LogP contribution in [-0.2, 0) is 0 Å². The Morgan fingerprint density at radius 3 is 1.06 bits per heavy atom. The molecule has 0 fully saturated rings. The molecular weight excluding hydrogens is 1320 g/mol. The second-order valence-corrected chi connectivity index (χ2v) is 27.9. The first-order valence-corrected chi connectivity index (χ1v) is 36.2. The molecule has 17 aromatic carbocycles. The maximum atomic E-state index is 9.89. The number of hydrogen-bond donors (Lipinski definition) is 0. The molecule has 2 aliphatic heterocycles. The number of anilines is 6. The van der Waals surface area contributed by atoms with E-state index in [0.717, 1.165) is 93.8 Å². The summed E-state index contributed by atoms with van der Waals surface area (Å²) in [5.74, 6) is 0. The summed E-state index contributed by atoms with van der Waals surface area (Å²) in [6.07, 6.45) is 0.